The fourth-order valence-electron chi connectivity index (χ4n) is 1.16. The SMILES string of the molecule is CSCC[C@H](NC(=O)CNC(=O)C(C)(C)C)C(=O)O. The van der Waals surface area contributed by atoms with Crippen LogP contribution in [-0.2, 0) is 14.4 Å². The van der Waals surface area contributed by atoms with Crippen LogP contribution < -0.4 is 10.6 Å². The Hall–Kier alpha value is -1.24. The van der Waals surface area contributed by atoms with Crippen molar-refractivity contribution in [3.05, 3.63) is 0 Å². The number of aliphatic carboxylic acids is 1. The number of carbonyl (C=O) groups excluding carboxylic acids is 2. The topological polar surface area (TPSA) is 95.5 Å². The standard InChI is InChI=1S/C12H22N2O4S/c1-12(2,3)11(18)13-7-9(15)14-8(10(16)17)5-6-19-4/h8H,5-7H2,1-4H3,(H,13,18)(H,14,15)(H,16,17)/t8-/m0/s1. The Morgan fingerprint density at radius 3 is 2.26 bits per heavy atom. The van der Waals surface area contributed by atoms with Crippen LogP contribution in [0.2, 0.25) is 0 Å². The molecular weight excluding hydrogens is 268 g/mol. The van der Waals surface area contributed by atoms with E-state index >= 15 is 0 Å². The van der Waals surface area contributed by atoms with E-state index in [-0.39, 0.29) is 12.5 Å². The maximum absolute atomic E-state index is 11.6. The van der Waals surface area contributed by atoms with Gasteiger partial charge in [0.25, 0.3) is 0 Å². The Balaban J connectivity index is 4.21. The van der Waals surface area contributed by atoms with Crippen LogP contribution in [-0.4, -0.2) is 47.5 Å². The molecule has 2 amide bonds. The van der Waals surface area contributed by atoms with E-state index in [4.69, 9.17) is 5.11 Å². The van der Waals surface area contributed by atoms with Crippen LogP contribution in [0.25, 0.3) is 0 Å². The molecule has 110 valence electrons. The summed E-state index contributed by atoms with van der Waals surface area (Å²) in [7, 11) is 0. The molecule has 0 fully saturated rings. The third-order valence-electron chi connectivity index (χ3n) is 2.33. The highest BCUT2D eigenvalue weighted by Gasteiger charge is 2.23. The van der Waals surface area contributed by atoms with Crippen LogP contribution in [0.4, 0.5) is 0 Å². The molecule has 0 aromatic carbocycles. The quantitative estimate of drug-likeness (QED) is 0.633. The van der Waals surface area contributed by atoms with Crippen molar-refractivity contribution in [2.45, 2.75) is 33.2 Å². The molecule has 0 aromatic rings. The molecule has 19 heavy (non-hydrogen) atoms. The molecule has 1 atom stereocenters. The van der Waals surface area contributed by atoms with Gasteiger partial charge in [-0.2, -0.15) is 11.8 Å². The van der Waals surface area contributed by atoms with Gasteiger partial charge >= 0.3 is 5.97 Å². The second-order valence-electron chi connectivity index (χ2n) is 5.17. The van der Waals surface area contributed by atoms with Gasteiger partial charge in [-0.1, -0.05) is 20.8 Å². The summed E-state index contributed by atoms with van der Waals surface area (Å²) in [6.07, 6.45) is 2.22. The Morgan fingerprint density at radius 1 is 1.26 bits per heavy atom. The highest BCUT2D eigenvalue weighted by molar-refractivity contribution is 7.98. The molecule has 0 aliphatic heterocycles. The van der Waals surface area contributed by atoms with Gasteiger partial charge in [0.2, 0.25) is 11.8 Å². The molecule has 0 spiro atoms. The third-order valence-corrected chi connectivity index (χ3v) is 2.98. The lowest BCUT2D eigenvalue weighted by Gasteiger charge is -2.18. The van der Waals surface area contributed by atoms with E-state index in [0.29, 0.717) is 12.2 Å². The lowest BCUT2D eigenvalue weighted by molar-refractivity contribution is -0.141. The summed E-state index contributed by atoms with van der Waals surface area (Å²) in [5.74, 6) is -1.17. The Kier molecular flexibility index (Phi) is 7.51. The molecule has 0 bridgehead atoms. The molecule has 0 rings (SSSR count). The summed E-state index contributed by atoms with van der Waals surface area (Å²) in [6.45, 7) is 5.00. The molecule has 0 aliphatic carbocycles. The van der Waals surface area contributed by atoms with Gasteiger partial charge in [0.1, 0.15) is 6.04 Å². The molecule has 0 radical (unpaired) electrons. The van der Waals surface area contributed by atoms with Crippen molar-refractivity contribution in [2.75, 3.05) is 18.6 Å². The second-order valence-corrected chi connectivity index (χ2v) is 6.16. The van der Waals surface area contributed by atoms with Crippen LogP contribution in [0.1, 0.15) is 27.2 Å². The monoisotopic (exact) mass is 290 g/mol. The largest absolute Gasteiger partial charge is 0.480 e. The fraction of sp³-hybridized carbons (Fsp3) is 0.750. The minimum Gasteiger partial charge on any atom is -0.480 e. The zero-order valence-electron chi connectivity index (χ0n) is 11.8. The van der Waals surface area contributed by atoms with Crippen LogP contribution in [0.5, 0.6) is 0 Å². The van der Waals surface area contributed by atoms with Gasteiger partial charge in [-0.3, -0.25) is 9.59 Å². The van der Waals surface area contributed by atoms with E-state index in [0.717, 1.165) is 0 Å². The summed E-state index contributed by atoms with van der Waals surface area (Å²) >= 11 is 1.51. The van der Waals surface area contributed by atoms with Crippen molar-refractivity contribution in [2.24, 2.45) is 5.41 Å². The zero-order valence-corrected chi connectivity index (χ0v) is 12.6. The number of carbonyl (C=O) groups is 3. The van der Waals surface area contributed by atoms with Gasteiger partial charge < -0.3 is 15.7 Å². The van der Waals surface area contributed by atoms with Crippen molar-refractivity contribution in [1.82, 2.24) is 10.6 Å². The van der Waals surface area contributed by atoms with E-state index in [1.807, 2.05) is 6.26 Å². The van der Waals surface area contributed by atoms with E-state index in [2.05, 4.69) is 10.6 Å². The van der Waals surface area contributed by atoms with E-state index in [9.17, 15) is 14.4 Å². The maximum atomic E-state index is 11.6. The average Bonchev–Trinajstić information content (AvgIpc) is 2.29. The highest BCUT2D eigenvalue weighted by atomic mass is 32.2. The Labute approximate surface area is 117 Å². The van der Waals surface area contributed by atoms with Crippen LogP contribution in [0.15, 0.2) is 0 Å². The van der Waals surface area contributed by atoms with Gasteiger partial charge in [0.15, 0.2) is 0 Å². The molecule has 7 heteroatoms. The van der Waals surface area contributed by atoms with E-state index < -0.39 is 23.3 Å². The Morgan fingerprint density at radius 2 is 1.84 bits per heavy atom. The number of hydrogen-bond acceptors (Lipinski definition) is 4. The van der Waals surface area contributed by atoms with Crippen LogP contribution >= 0.6 is 11.8 Å². The summed E-state index contributed by atoms with van der Waals surface area (Å²) in [6, 6.07) is -0.911. The normalized spacial score (nSPS) is 12.6. The Bertz CT molecular complexity index is 339. The third kappa shape index (κ3) is 7.71. The first-order valence-electron chi connectivity index (χ1n) is 5.98. The summed E-state index contributed by atoms with van der Waals surface area (Å²) in [5, 5.41) is 13.8. The molecule has 0 saturated heterocycles. The first kappa shape index (κ1) is 17.8. The minimum absolute atomic E-state index is 0.209. The lowest BCUT2D eigenvalue weighted by Crippen LogP contribution is -2.47. The zero-order chi connectivity index (χ0) is 15.1. The van der Waals surface area contributed by atoms with Crippen LogP contribution in [0.3, 0.4) is 0 Å². The van der Waals surface area contributed by atoms with Crippen molar-refractivity contribution < 1.29 is 19.5 Å². The lowest BCUT2D eigenvalue weighted by atomic mass is 9.96. The summed E-state index contributed by atoms with van der Waals surface area (Å²) < 4.78 is 0. The van der Waals surface area contributed by atoms with Crippen LogP contribution in [0, 0.1) is 5.41 Å². The van der Waals surface area contributed by atoms with Crippen molar-refractivity contribution in [1.29, 1.82) is 0 Å². The molecule has 0 aliphatic rings. The number of nitrogens with one attached hydrogen (secondary N) is 2. The summed E-state index contributed by atoms with van der Waals surface area (Å²) in [5.41, 5.74) is -0.578. The maximum Gasteiger partial charge on any atom is 0.326 e. The number of hydrogen-bond donors (Lipinski definition) is 3. The number of rotatable bonds is 7. The number of carboxylic acids is 1. The first-order valence-corrected chi connectivity index (χ1v) is 7.37. The average molecular weight is 290 g/mol. The van der Waals surface area contributed by atoms with Crippen molar-refractivity contribution in [3.8, 4) is 0 Å². The predicted octanol–water partition coefficient (Wildman–Crippen LogP) is 0.471. The van der Waals surface area contributed by atoms with Gasteiger partial charge in [0, 0.05) is 5.41 Å². The molecule has 3 N–H and O–H groups in total. The minimum atomic E-state index is -1.07. The molecular formula is C12H22N2O4S. The van der Waals surface area contributed by atoms with Gasteiger partial charge in [-0.25, -0.2) is 4.79 Å². The predicted molar refractivity (Wildman–Crippen MR) is 75.0 cm³/mol. The number of carboxylic acid groups (broad SMARTS) is 1. The second kappa shape index (κ2) is 8.04. The molecule has 0 heterocycles. The highest BCUT2D eigenvalue weighted by Crippen LogP contribution is 2.11. The molecule has 0 unspecified atom stereocenters. The van der Waals surface area contributed by atoms with Crippen molar-refractivity contribution >= 4 is 29.5 Å². The first-order chi connectivity index (χ1) is 8.68. The summed E-state index contributed by atoms with van der Waals surface area (Å²) in [4.78, 5) is 34.0. The van der Waals surface area contributed by atoms with E-state index in [1.165, 1.54) is 11.8 Å². The molecule has 6 nitrogen and oxygen atoms in total. The fourth-order valence-corrected chi connectivity index (χ4v) is 1.64. The van der Waals surface area contributed by atoms with E-state index in [1.54, 1.807) is 20.8 Å². The van der Waals surface area contributed by atoms with Gasteiger partial charge in [-0.05, 0) is 18.4 Å². The smallest absolute Gasteiger partial charge is 0.326 e. The van der Waals surface area contributed by atoms with Gasteiger partial charge in [-0.15, -0.1) is 0 Å². The molecule has 0 saturated carbocycles. The number of amides is 2. The number of thioether (sulfide) groups is 1. The van der Waals surface area contributed by atoms with Crippen molar-refractivity contribution in [3.63, 3.8) is 0 Å². The van der Waals surface area contributed by atoms with Gasteiger partial charge in [0.05, 0.1) is 6.54 Å². The molecule has 0 aromatic heterocycles.